The zero-order valence-corrected chi connectivity index (χ0v) is 14.1. The molecule has 0 aliphatic heterocycles. The van der Waals surface area contributed by atoms with E-state index in [9.17, 15) is 4.79 Å². The summed E-state index contributed by atoms with van der Waals surface area (Å²) in [5, 5.41) is 0. The van der Waals surface area contributed by atoms with Crippen LogP contribution >= 0.6 is 0 Å². The number of ether oxygens (including phenoxy) is 1. The highest BCUT2D eigenvalue weighted by Crippen LogP contribution is 2.11. The van der Waals surface area contributed by atoms with Crippen LogP contribution in [0.15, 0.2) is 0 Å². The van der Waals surface area contributed by atoms with E-state index in [4.69, 9.17) is 4.74 Å². The van der Waals surface area contributed by atoms with Gasteiger partial charge >= 0.3 is 5.97 Å². The lowest BCUT2D eigenvalue weighted by atomic mass is 10.1. The zero-order chi connectivity index (χ0) is 15.1. The van der Waals surface area contributed by atoms with E-state index in [0.29, 0.717) is 6.42 Å². The molecule has 0 aromatic carbocycles. The van der Waals surface area contributed by atoms with Gasteiger partial charge in [-0.3, -0.25) is 4.79 Å². The first kappa shape index (κ1) is 19.5. The van der Waals surface area contributed by atoms with Crippen LogP contribution in [0, 0.1) is 0 Å². The Labute approximate surface area is 126 Å². The number of esters is 1. The van der Waals surface area contributed by atoms with Gasteiger partial charge in [0.15, 0.2) is 0 Å². The maximum absolute atomic E-state index is 11.6. The maximum atomic E-state index is 11.6. The molecular weight excluding hydrogens is 248 g/mol. The fraction of sp³-hybridized carbons (Fsp3) is 0.944. The molecule has 0 aliphatic rings. The Bertz CT molecular complexity index is 213. The summed E-state index contributed by atoms with van der Waals surface area (Å²) in [6, 6.07) is 0. The van der Waals surface area contributed by atoms with Crippen molar-refractivity contribution in [3.63, 3.8) is 0 Å². The third kappa shape index (κ3) is 13.9. The Hall–Kier alpha value is -0.530. The van der Waals surface area contributed by atoms with Crippen LogP contribution in [-0.4, -0.2) is 12.1 Å². The highest BCUT2D eigenvalue weighted by atomic mass is 16.5. The lowest BCUT2D eigenvalue weighted by Gasteiger charge is -2.12. The summed E-state index contributed by atoms with van der Waals surface area (Å²) in [7, 11) is 0. The summed E-state index contributed by atoms with van der Waals surface area (Å²) in [5.74, 6) is -0.0000172. The monoisotopic (exact) mass is 284 g/mol. The molecule has 0 unspecified atom stereocenters. The molecule has 0 heterocycles. The van der Waals surface area contributed by atoms with E-state index < -0.39 is 0 Å². The number of hydrogen-bond acceptors (Lipinski definition) is 2. The summed E-state index contributed by atoms with van der Waals surface area (Å²) < 4.78 is 5.42. The Morgan fingerprint density at radius 1 is 0.800 bits per heavy atom. The molecule has 0 rings (SSSR count). The van der Waals surface area contributed by atoms with E-state index in [-0.39, 0.29) is 12.1 Å². The van der Waals surface area contributed by atoms with Crippen LogP contribution < -0.4 is 0 Å². The Kier molecular flexibility index (Phi) is 14.5. The van der Waals surface area contributed by atoms with E-state index in [1.54, 1.807) is 0 Å². The van der Waals surface area contributed by atoms with Gasteiger partial charge in [0.05, 0.1) is 6.10 Å². The number of unbranched alkanes of at least 4 members (excludes halogenated alkanes) is 9. The van der Waals surface area contributed by atoms with Crippen LogP contribution in [0.1, 0.15) is 104 Å². The molecule has 0 aliphatic carbocycles. The molecule has 0 spiro atoms. The predicted octanol–water partition coefficient (Wildman–Crippen LogP) is 6.03. The second kappa shape index (κ2) is 14.9. The van der Waals surface area contributed by atoms with E-state index >= 15 is 0 Å². The van der Waals surface area contributed by atoms with Gasteiger partial charge in [-0.1, -0.05) is 71.6 Å². The smallest absolute Gasteiger partial charge is 0.306 e. The van der Waals surface area contributed by atoms with Gasteiger partial charge in [-0.05, 0) is 26.2 Å². The molecule has 0 fully saturated rings. The molecule has 0 aromatic rings. The molecule has 0 N–H and O–H groups in total. The van der Waals surface area contributed by atoms with Crippen LogP contribution in [0.5, 0.6) is 0 Å². The van der Waals surface area contributed by atoms with Crippen LogP contribution in [0.2, 0.25) is 0 Å². The second-order valence-electron chi connectivity index (χ2n) is 6.02. The Balaban J connectivity index is 3.31. The zero-order valence-electron chi connectivity index (χ0n) is 14.1. The minimum atomic E-state index is -0.0000172. The van der Waals surface area contributed by atoms with E-state index in [2.05, 4.69) is 13.8 Å². The molecule has 1 atom stereocenters. The van der Waals surface area contributed by atoms with Crippen molar-refractivity contribution in [3.05, 3.63) is 0 Å². The first-order valence-electron chi connectivity index (χ1n) is 8.90. The summed E-state index contributed by atoms with van der Waals surface area (Å²) >= 11 is 0. The van der Waals surface area contributed by atoms with Gasteiger partial charge < -0.3 is 4.74 Å². The molecule has 2 nitrogen and oxygen atoms in total. The Morgan fingerprint density at radius 3 is 1.90 bits per heavy atom. The number of carbonyl (C=O) groups is 1. The first-order chi connectivity index (χ1) is 9.70. The van der Waals surface area contributed by atoms with Crippen molar-refractivity contribution in [3.8, 4) is 0 Å². The third-order valence-corrected chi connectivity index (χ3v) is 3.78. The molecule has 0 saturated carbocycles. The fourth-order valence-electron chi connectivity index (χ4n) is 2.43. The van der Waals surface area contributed by atoms with Crippen LogP contribution in [0.3, 0.4) is 0 Å². The third-order valence-electron chi connectivity index (χ3n) is 3.78. The Morgan fingerprint density at radius 2 is 1.30 bits per heavy atom. The highest BCUT2D eigenvalue weighted by Gasteiger charge is 2.08. The SMILES string of the molecule is CCCCCCCCCCC(=O)O[C@H](C)CCCCC. The van der Waals surface area contributed by atoms with Gasteiger partial charge in [0.1, 0.15) is 0 Å². The van der Waals surface area contributed by atoms with Crippen molar-refractivity contribution in [2.75, 3.05) is 0 Å². The average molecular weight is 284 g/mol. The van der Waals surface area contributed by atoms with Crippen LogP contribution in [0.4, 0.5) is 0 Å². The first-order valence-corrected chi connectivity index (χ1v) is 8.90. The lowest BCUT2D eigenvalue weighted by molar-refractivity contribution is -0.148. The average Bonchev–Trinajstić information content (AvgIpc) is 2.42. The van der Waals surface area contributed by atoms with E-state index in [1.807, 2.05) is 6.92 Å². The number of hydrogen-bond donors (Lipinski definition) is 0. The normalized spacial score (nSPS) is 12.3. The summed E-state index contributed by atoms with van der Waals surface area (Å²) in [6.45, 7) is 6.45. The standard InChI is InChI=1S/C18H36O2/c1-4-6-8-9-10-11-12-14-16-18(19)20-17(3)15-13-7-5-2/h17H,4-16H2,1-3H3/t17-/m1/s1. The van der Waals surface area contributed by atoms with Crippen molar-refractivity contribution in [2.45, 2.75) is 110 Å². The topological polar surface area (TPSA) is 26.3 Å². The molecule has 0 radical (unpaired) electrons. The van der Waals surface area contributed by atoms with Gasteiger partial charge in [0.25, 0.3) is 0 Å². The molecule has 2 heteroatoms. The van der Waals surface area contributed by atoms with Crippen molar-refractivity contribution in [1.82, 2.24) is 0 Å². The van der Waals surface area contributed by atoms with Crippen molar-refractivity contribution in [2.24, 2.45) is 0 Å². The predicted molar refractivity (Wildman–Crippen MR) is 86.9 cm³/mol. The molecule has 20 heavy (non-hydrogen) atoms. The number of carbonyl (C=O) groups excluding carboxylic acids is 1. The van der Waals surface area contributed by atoms with Gasteiger partial charge in [-0.2, -0.15) is 0 Å². The molecule has 120 valence electrons. The highest BCUT2D eigenvalue weighted by molar-refractivity contribution is 5.69. The van der Waals surface area contributed by atoms with Crippen molar-refractivity contribution >= 4 is 5.97 Å². The quantitative estimate of drug-likeness (QED) is 0.287. The van der Waals surface area contributed by atoms with E-state index in [0.717, 1.165) is 12.8 Å². The fourth-order valence-corrected chi connectivity index (χ4v) is 2.43. The second-order valence-corrected chi connectivity index (χ2v) is 6.02. The van der Waals surface area contributed by atoms with Gasteiger partial charge in [0.2, 0.25) is 0 Å². The van der Waals surface area contributed by atoms with Crippen molar-refractivity contribution in [1.29, 1.82) is 0 Å². The minimum Gasteiger partial charge on any atom is -0.463 e. The minimum absolute atomic E-state index is 0.0000172. The summed E-state index contributed by atoms with van der Waals surface area (Å²) in [5.41, 5.74) is 0. The summed E-state index contributed by atoms with van der Waals surface area (Å²) in [4.78, 5) is 11.6. The summed E-state index contributed by atoms with van der Waals surface area (Å²) in [6.07, 6.45) is 15.5. The maximum Gasteiger partial charge on any atom is 0.306 e. The van der Waals surface area contributed by atoms with E-state index in [1.165, 1.54) is 64.2 Å². The molecule has 0 bridgehead atoms. The molecule has 0 aromatic heterocycles. The molecule has 0 saturated heterocycles. The lowest BCUT2D eigenvalue weighted by Crippen LogP contribution is -2.14. The van der Waals surface area contributed by atoms with Gasteiger partial charge in [-0.25, -0.2) is 0 Å². The van der Waals surface area contributed by atoms with Gasteiger partial charge in [0, 0.05) is 6.42 Å². The van der Waals surface area contributed by atoms with Crippen LogP contribution in [0.25, 0.3) is 0 Å². The molecular formula is C18H36O2. The molecule has 0 amide bonds. The largest absolute Gasteiger partial charge is 0.463 e. The number of rotatable bonds is 14. The van der Waals surface area contributed by atoms with Gasteiger partial charge in [-0.15, -0.1) is 0 Å². The van der Waals surface area contributed by atoms with Crippen LogP contribution in [-0.2, 0) is 9.53 Å². The van der Waals surface area contributed by atoms with Crippen molar-refractivity contribution < 1.29 is 9.53 Å².